The van der Waals surface area contributed by atoms with Crippen molar-refractivity contribution in [3.8, 4) is 5.75 Å². The molecule has 2 atom stereocenters. The van der Waals surface area contributed by atoms with E-state index in [9.17, 15) is 13.2 Å². The molecule has 2 aliphatic rings. The topological polar surface area (TPSA) is 70.2 Å². The molecule has 0 unspecified atom stereocenters. The average Bonchev–Trinajstić information content (AvgIpc) is 3.07. The zero-order valence-electron chi connectivity index (χ0n) is 17.0. The maximum atomic E-state index is 12.9. The van der Waals surface area contributed by atoms with Gasteiger partial charge in [-0.1, -0.05) is 12.1 Å². The molecular weight excluding hydrogens is 378 g/mol. The summed E-state index contributed by atoms with van der Waals surface area (Å²) in [6.45, 7) is 7.74. The van der Waals surface area contributed by atoms with Gasteiger partial charge in [0, 0.05) is 39.3 Å². The zero-order chi connectivity index (χ0) is 20.3. The van der Waals surface area contributed by atoms with Gasteiger partial charge in [-0.15, -0.1) is 0 Å². The molecule has 0 N–H and O–H groups in total. The van der Waals surface area contributed by atoms with Crippen molar-refractivity contribution in [3.63, 3.8) is 0 Å². The van der Waals surface area contributed by atoms with Gasteiger partial charge in [0.05, 0.1) is 29.8 Å². The first kappa shape index (κ1) is 20.9. The molecule has 1 aromatic rings. The molecule has 1 aromatic carbocycles. The van der Waals surface area contributed by atoms with Crippen LogP contribution < -0.4 is 9.64 Å². The fourth-order valence-electron chi connectivity index (χ4n) is 4.06. The molecule has 0 aliphatic carbocycles. The molecular formula is C20H31N3O4S. The number of hydrogen-bond acceptors (Lipinski definition) is 6. The second-order valence-corrected chi connectivity index (χ2v) is 9.83. The van der Waals surface area contributed by atoms with Gasteiger partial charge < -0.3 is 14.5 Å². The lowest BCUT2D eigenvalue weighted by molar-refractivity contribution is -0.136. The molecule has 2 aliphatic heterocycles. The number of ether oxygens (including phenoxy) is 1. The Labute approximate surface area is 168 Å². The van der Waals surface area contributed by atoms with Crippen LogP contribution in [-0.4, -0.2) is 87.5 Å². The zero-order valence-corrected chi connectivity index (χ0v) is 17.8. The highest BCUT2D eigenvalue weighted by atomic mass is 32.2. The number of rotatable bonds is 6. The lowest BCUT2D eigenvalue weighted by Crippen LogP contribution is -2.55. The number of carbonyl (C=O) groups is 1. The highest BCUT2D eigenvalue weighted by Crippen LogP contribution is 2.29. The van der Waals surface area contributed by atoms with Crippen molar-refractivity contribution in [1.82, 2.24) is 9.80 Å². The van der Waals surface area contributed by atoms with Gasteiger partial charge in [-0.3, -0.25) is 9.69 Å². The minimum absolute atomic E-state index is 0.00488. The van der Waals surface area contributed by atoms with Crippen LogP contribution in [0.1, 0.15) is 20.3 Å². The Morgan fingerprint density at radius 2 is 1.93 bits per heavy atom. The fraction of sp³-hybridized carbons (Fsp3) is 0.650. The van der Waals surface area contributed by atoms with Crippen molar-refractivity contribution < 1.29 is 17.9 Å². The van der Waals surface area contributed by atoms with Crippen LogP contribution >= 0.6 is 0 Å². The Kier molecular flexibility index (Phi) is 6.50. The molecule has 0 aromatic heterocycles. The predicted molar refractivity (Wildman–Crippen MR) is 111 cm³/mol. The van der Waals surface area contributed by atoms with Gasteiger partial charge in [0.1, 0.15) is 5.75 Å². The number of piperazine rings is 1. The van der Waals surface area contributed by atoms with E-state index >= 15 is 0 Å². The number of likely N-dealkylation sites (N-methyl/N-ethyl adjacent to an activating group) is 1. The van der Waals surface area contributed by atoms with Crippen molar-refractivity contribution in [1.29, 1.82) is 0 Å². The molecule has 28 heavy (non-hydrogen) atoms. The van der Waals surface area contributed by atoms with Crippen LogP contribution in [0.5, 0.6) is 5.75 Å². The monoisotopic (exact) mass is 409 g/mol. The quantitative estimate of drug-likeness (QED) is 0.704. The van der Waals surface area contributed by atoms with Crippen LogP contribution in [-0.2, 0) is 14.6 Å². The summed E-state index contributed by atoms with van der Waals surface area (Å²) in [5, 5.41) is 0. The van der Waals surface area contributed by atoms with Crippen LogP contribution in [0.25, 0.3) is 0 Å². The first-order valence-electron chi connectivity index (χ1n) is 10.0. The lowest BCUT2D eigenvalue weighted by atomic mass is 10.1. The smallest absolute Gasteiger partial charge is 0.239 e. The van der Waals surface area contributed by atoms with E-state index in [0.29, 0.717) is 13.0 Å². The molecule has 2 fully saturated rings. The summed E-state index contributed by atoms with van der Waals surface area (Å²) in [4.78, 5) is 19.0. The number of benzene rings is 1. The summed E-state index contributed by atoms with van der Waals surface area (Å²) in [6.07, 6.45) is 0.541. The number of para-hydroxylation sites is 2. The first-order chi connectivity index (χ1) is 13.3. The van der Waals surface area contributed by atoms with Crippen LogP contribution in [0, 0.1) is 0 Å². The molecule has 0 bridgehead atoms. The van der Waals surface area contributed by atoms with E-state index in [1.807, 2.05) is 32.0 Å². The number of sulfone groups is 1. The second-order valence-electron chi connectivity index (χ2n) is 7.61. The average molecular weight is 410 g/mol. The van der Waals surface area contributed by atoms with E-state index in [1.54, 1.807) is 11.9 Å². The van der Waals surface area contributed by atoms with Crippen LogP contribution in [0.4, 0.5) is 5.69 Å². The van der Waals surface area contributed by atoms with Gasteiger partial charge in [0.2, 0.25) is 5.91 Å². The van der Waals surface area contributed by atoms with Crippen molar-refractivity contribution in [2.45, 2.75) is 32.4 Å². The molecule has 2 saturated heterocycles. The third-order valence-electron chi connectivity index (χ3n) is 5.83. The standard InChI is InChI=1S/C20H31N3O4S/c1-4-27-19-8-6-5-7-18(19)23-12-10-22(11-13-23)16(2)20(24)21(3)17-9-14-28(25,26)15-17/h5-8,16-17H,4,9-15H2,1-3H3/t16-,17-/m0/s1. The highest BCUT2D eigenvalue weighted by molar-refractivity contribution is 7.91. The molecule has 1 amide bonds. The minimum Gasteiger partial charge on any atom is -0.492 e. The lowest BCUT2D eigenvalue weighted by Gasteiger charge is -2.40. The third-order valence-corrected chi connectivity index (χ3v) is 7.58. The molecule has 156 valence electrons. The number of hydrogen-bond donors (Lipinski definition) is 0. The predicted octanol–water partition coefficient (Wildman–Crippen LogP) is 1.24. The third kappa shape index (κ3) is 4.60. The van der Waals surface area contributed by atoms with Gasteiger partial charge >= 0.3 is 0 Å². The van der Waals surface area contributed by atoms with Gasteiger partial charge in [-0.25, -0.2) is 8.42 Å². The highest BCUT2D eigenvalue weighted by Gasteiger charge is 2.36. The molecule has 0 spiro atoms. The van der Waals surface area contributed by atoms with Crippen molar-refractivity contribution in [2.24, 2.45) is 0 Å². The summed E-state index contributed by atoms with van der Waals surface area (Å²) < 4.78 is 29.2. The summed E-state index contributed by atoms with van der Waals surface area (Å²) in [6, 6.07) is 7.61. The molecule has 2 heterocycles. The van der Waals surface area contributed by atoms with Gasteiger partial charge in [-0.2, -0.15) is 0 Å². The maximum Gasteiger partial charge on any atom is 0.239 e. The first-order valence-corrected chi connectivity index (χ1v) is 11.8. The molecule has 0 radical (unpaired) electrons. The Bertz CT molecular complexity index is 790. The summed E-state index contributed by atoms with van der Waals surface area (Å²) in [7, 11) is -1.26. The van der Waals surface area contributed by atoms with E-state index in [4.69, 9.17) is 4.74 Å². The van der Waals surface area contributed by atoms with Crippen molar-refractivity contribution >= 4 is 21.4 Å². The Balaban J connectivity index is 1.58. The second kappa shape index (κ2) is 8.69. The van der Waals surface area contributed by atoms with Crippen molar-refractivity contribution in [2.75, 3.05) is 56.2 Å². The van der Waals surface area contributed by atoms with E-state index in [1.165, 1.54) is 0 Å². The van der Waals surface area contributed by atoms with Crippen LogP contribution in [0.15, 0.2) is 24.3 Å². The SMILES string of the molecule is CCOc1ccccc1N1CCN([C@@H](C)C(=O)N(C)[C@H]2CCS(=O)(=O)C2)CC1. The Hall–Kier alpha value is -1.80. The van der Waals surface area contributed by atoms with Crippen LogP contribution in [0.2, 0.25) is 0 Å². The molecule has 3 rings (SSSR count). The summed E-state index contributed by atoms with van der Waals surface area (Å²) in [5.41, 5.74) is 1.09. The fourth-order valence-corrected chi connectivity index (χ4v) is 5.83. The minimum atomic E-state index is -3.00. The summed E-state index contributed by atoms with van der Waals surface area (Å²) in [5.74, 6) is 1.17. The maximum absolute atomic E-state index is 12.9. The normalized spacial score (nSPS) is 23.4. The largest absolute Gasteiger partial charge is 0.492 e. The number of nitrogens with zero attached hydrogens (tertiary/aromatic N) is 3. The van der Waals surface area contributed by atoms with E-state index in [0.717, 1.165) is 37.6 Å². The Morgan fingerprint density at radius 1 is 1.25 bits per heavy atom. The van der Waals surface area contributed by atoms with Crippen LogP contribution in [0.3, 0.4) is 0 Å². The van der Waals surface area contributed by atoms with E-state index in [2.05, 4.69) is 15.9 Å². The number of anilines is 1. The van der Waals surface area contributed by atoms with Gasteiger partial charge in [0.15, 0.2) is 9.84 Å². The molecule has 7 nitrogen and oxygen atoms in total. The molecule has 0 saturated carbocycles. The molecule has 8 heteroatoms. The Morgan fingerprint density at radius 3 is 2.54 bits per heavy atom. The van der Waals surface area contributed by atoms with Gasteiger partial charge in [-0.05, 0) is 32.4 Å². The van der Waals surface area contributed by atoms with E-state index < -0.39 is 9.84 Å². The number of amides is 1. The van der Waals surface area contributed by atoms with Crippen molar-refractivity contribution in [3.05, 3.63) is 24.3 Å². The van der Waals surface area contributed by atoms with Gasteiger partial charge in [0.25, 0.3) is 0 Å². The number of carbonyl (C=O) groups excluding carboxylic acids is 1. The summed E-state index contributed by atoms with van der Waals surface area (Å²) >= 11 is 0. The van der Waals surface area contributed by atoms with E-state index in [-0.39, 0.29) is 29.5 Å².